The third-order valence-corrected chi connectivity index (χ3v) is 13.4. The molecule has 358 valence electrons. The van der Waals surface area contributed by atoms with Crippen molar-refractivity contribution in [3.63, 3.8) is 0 Å². The van der Waals surface area contributed by atoms with Gasteiger partial charge in [0.25, 0.3) is 46.0 Å². The molecule has 30 heteroatoms. The number of hydrazine groups is 3. The molecule has 0 fully saturated rings. The van der Waals surface area contributed by atoms with Crippen molar-refractivity contribution < 1.29 is 76.7 Å². The minimum atomic E-state index is -5.10. The van der Waals surface area contributed by atoms with E-state index in [1.807, 2.05) is 0 Å². The Bertz CT molecular complexity index is 3760. The van der Waals surface area contributed by atoms with Crippen molar-refractivity contribution in [1.29, 1.82) is 0 Å². The van der Waals surface area contributed by atoms with E-state index in [1.165, 1.54) is 37.4 Å². The zero-order valence-corrected chi connectivity index (χ0v) is 37.6. The van der Waals surface area contributed by atoms with Crippen molar-refractivity contribution in [2.24, 2.45) is 0 Å². The number of rotatable bonds is 16. The summed E-state index contributed by atoms with van der Waals surface area (Å²) in [4.78, 5) is 22.5. The van der Waals surface area contributed by atoms with Crippen LogP contribution in [0.1, 0.15) is 16.1 Å². The van der Waals surface area contributed by atoms with Crippen LogP contribution in [0.15, 0.2) is 109 Å². The minimum absolute atomic E-state index is 0.00305. The zero-order chi connectivity index (χ0) is 49.8. The molecule has 6 aromatic carbocycles. The fourth-order valence-corrected chi connectivity index (χ4v) is 8.99. The fraction of sp³-hybridized carbons (Fsp3) is 0.0526. The number of nitrogens with one attached hydrogen (secondary N) is 7. The predicted octanol–water partition coefficient (Wildman–Crippen LogP) is 4.20. The number of nitrogens with zero attached hydrogens (tertiary/aromatic N) is 1. The predicted molar refractivity (Wildman–Crippen MR) is 243 cm³/mol. The summed E-state index contributed by atoms with van der Waals surface area (Å²) in [5, 5.41) is 33.9. The van der Waals surface area contributed by atoms with E-state index in [2.05, 4.69) is 37.7 Å². The number of carboxylic acids is 1. The third kappa shape index (κ3) is 9.67. The van der Waals surface area contributed by atoms with E-state index >= 15 is 0 Å². The number of anilines is 6. The van der Waals surface area contributed by atoms with Gasteiger partial charge in [0, 0.05) is 22.9 Å². The van der Waals surface area contributed by atoms with Gasteiger partial charge in [0.1, 0.15) is 27.8 Å². The van der Waals surface area contributed by atoms with Gasteiger partial charge in [-0.25, -0.2) is 9.48 Å². The van der Waals surface area contributed by atoms with E-state index in [4.69, 9.17) is 4.74 Å². The molecular weight excluding hydrogens is 985 g/mol. The first-order valence-electron chi connectivity index (χ1n) is 18.6. The van der Waals surface area contributed by atoms with Gasteiger partial charge in [-0.3, -0.25) is 44.4 Å². The van der Waals surface area contributed by atoms with Crippen LogP contribution >= 0.6 is 0 Å². The van der Waals surface area contributed by atoms with Crippen molar-refractivity contribution in [3.05, 3.63) is 107 Å². The van der Waals surface area contributed by atoms with Crippen LogP contribution in [0.2, 0.25) is 0 Å². The SMILES string of the molecule is COc1cc(NNc2cc(S(=O)(=O)O)cc3cc(S(=O)(=O)O)cc(O)c23)c(C)cc1NNc1c(S(=O)(=O)O)cc2cc(NNc3c(C(=O)O)[nH]n(-c4ccc(S(=O)(=O)O)cc4)c3=O)ccc2c1O. The molecule has 0 aliphatic rings. The lowest BCUT2D eigenvalue weighted by Crippen LogP contribution is -2.21. The maximum absolute atomic E-state index is 13.3. The van der Waals surface area contributed by atoms with Crippen LogP contribution in [0.25, 0.3) is 27.2 Å². The molecule has 0 saturated heterocycles. The van der Waals surface area contributed by atoms with Gasteiger partial charge >= 0.3 is 5.97 Å². The van der Waals surface area contributed by atoms with Crippen molar-refractivity contribution in [3.8, 4) is 22.9 Å². The molecule has 0 unspecified atom stereocenters. The number of H-pyrrole nitrogens is 1. The average Bonchev–Trinajstić information content (AvgIpc) is 3.58. The van der Waals surface area contributed by atoms with Crippen molar-refractivity contribution in [2.75, 3.05) is 39.7 Å². The number of aromatic carboxylic acids is 1. The van der Waals surface area contributed by atoms with E-state index in [0.29, 0.717) is 5.56 Å². The second-order valence-corrected chi connectivity index (χ2v) is 20.0. The standard InChI is InChI=1S/C38H34N8O18S4/c1-17-9-27(30(64-2)16-26(17)40-42-28-14-23(66(55,56)57)11-19-12-24(67(58,59)60)15-29(47)32(19)28)41-43-33-31(68(61,62)63)13-18-10-20(3-8-25(18)36(33)48)39-44-34-35(38(50)51)45-46(37(34)49)21-4-6-22(7-5-21)65(52,53)54/h3-16,39-45,47-48H,1-2H3,(H,50,51)(H,52,53,54)(H,55,56,57)(H,58,59,60)(H,61,62,63). The largest absolute Gasteiger partial charge is 0.507 e. The molecule has 68 heavy (non-hydrogen) atoms. The van der Waals surface area contributed by atoms with Gasteiger partial charge in [-0.15, -0.1) is 0 Å². The van der Waals surface area contributed by atoms with Gasteiger partial charge in [-0.1, -0.05) is 0 Å². The van der Waals surface area contributed by atoms with Crippen LogP contribution in [0.4, 0.5) is 34.1 Å². The van der Waals surface area contributed by atoms with Gasteiger partial charge < -0.3 is 36.3 Å². The number of ether oxygens (including phenoxy) is 1. The summed E-state index contributed by atoms with van der Waals surface area (Å²) in [6.07, 6.45) is 0. The molecule has 0 spiro atoms. The number of carbonyl (C=O) groups is 1. The molecule has 14 N–H and O–H groups in total. The first kappa shape index (κ1) is 48.1. The molecule has 0 radical (unpaired) electrons. The summed E-state index contributed by atoms with van der Waals surface area (Å²) in [6, 6.07) is 15.4. The Morgan fingerprint density at radius 2 is 1.21 bits per heavy atom. The number of aromatic amines is 1. The van der Waals surface area contributed by atoms with Gasteiger partial charge in [-0.2, -0.15) is 33.7 Å². The smallest absolute Gasteiger partial charge is 0.356 e. The quantitative estimate of drug-likeness (QED) is 0.0366. The number of methoxy groups -OCH3 is 1. The maximum atomic E-state index is 13.3. The molecular formula is C38H34N8O18S4. The number of benzene rings is 6. The van der Waals surface area contributed by atoms with Crippen LogP contribution in [0, 0.1) is 6.92 Å². The van der Waals surface area contributed by atoms with Crippen LogP contribution in [0.5, 0.6) is 17.2 Å². The molecule has 0 bridgehead atoms. The van der Waals surface area contributed by atoms with Crippen LogP contribution in [0.3, 0.4) is 0 Å². The lowest BCUT2D eigenvalue weighted by atomic mass is 10.1. The monoisotopic (exact) mass is 1020 g/mol. The maximum Gasteiger partial charge on any atom is 0.356 e. The highest BCUT2D eigenvalue weighted by Gasteiger charge is 2.25. The molecule has 0 aliphatic heterocycles. The number of aromatic nitrogens is 2. The summed E-state index contributed by atoms with van der Waals surface area (Å²) >= 11 is 0. The Kier molecular flexibility index (Phi) is 12.3. The zero-order valence-electron chi connectivity index (χ0n) is 34.3. The highest BCUT2D eigenvalue weighted by molar-refractivity contribution is 7.86. The summed E-state index contributed by atoms with van der Waals surface area (Å²) < 4.78 is 141. The molecule has 7 rings (SSSR count). The van der Waals surface area contributed by atoms with Crippen molar-refractivity contribution in [2.45, 2.75) is 26.5 Å². The number of hydrogen-bond donors (Lipinski definition) is 14. The molecule has 0 saturated carbocycles. The molecule has 26 nitrogen and oxygen atoms in total. The summed E-state index contributed by atoms with van der Waals surface area (Å²) in [6.45, 7) is 1.58. The molecule has 7 aromatic rings. The highest BCUT2D eigenvalue weighted by Crippen LogP contribution is 2.41. The molecule has 1 aromatic heterocycles. The number of aromatic hydroxyl groups is 2. The van der Waals surface area contributed by atoms with Gasteiger partial charge in [0.05, 0.1) is 50.2 Å². The lowest BCUT2D eigenvalue weighted by molar-refractivity contribution is 0.0690. The van der Waals surface area contributed by atoms with E-state index in [-0.39, 0.29) is 55.7 Å². The molecule has 0 amide bonds. The number of carboxylic acid groups (broad SMARTS) is 1. The number of phenols is 2. The Morgan fingerprint density at radius 3 is 1.79 bits per heavy atom. The van der Waals surface area contributed by atoms with Gasteiger partial charge in [0.15, 0.2) is 11.4 Å². The van der Waals surface area contributed by atoms with Gasteiger partial charge in [-0.05, 0) is 96.1 Å². The molecule has 0 atom stereocenters. The Hall–Kier alpha value is -7.84. The van der Waals surface area contributed by atoms with Crippen LogP contribution in [-0.4, -0.2) is 90.1 Å². The topological polar surface area (TPSA) is 414 Å². The van der Waals surface area contributed by atoms with Crippen LogP contribution < -0.4 is 42.9 Å². The second-order valence-electron chi connectivity index (χ2n) is 14.4. The lowest BCUT2D eigenvalue weighted by Gasteiger charge is -2.20. The first-order chi connectivity index (χ1) is 31.6. The average molecular weight is 1020 g/mol. The van der Waals surface area contributed by atoms with E-state index in [1.54, 1.807) is 6.92 Å². The second kappa shape index (κ2) is 17.4. The van der Waals surface area contributed by atoms with E-state index < -0.39 is 100 Å². The number of aryl methyl sites for hydroxylation is 1. The van der Waals surface area contributed by atoms with Crippen LogP contribution in [-0.2, 0) is 40.5 Å². The Balaban J connectivity index is 1.14. The molecule has 0 aliphatic carbocycles. The number of hydrogen-bond acceptors (Lipinski definition) is 19. The normalized spacial score (nSPS) is 12.1. The van der Waals surface area contributed by atoms with Crippen molar-refractivity contribution >= 4 is 102 Å². The fourth-order valence-electron chi connectivity index (χ4n) is 6.74. The summed E-state index contributed by atoms with van der Waals surface area (Å²) in [5.41, 5.74) is 13.9. The first-order valence-corrected chi connectivity index (χ1v) is 24.4. The van der Waals surface area contributed by atoms with Crippen molar-refractivity contribution in [1.82, 2.24) is 9.78 Å². The summed E-state index contributed by atoms with van der Waals surface area (Å²) in [5.74, 6) is -2.90. The number of fused-ring (bicyclic) bond motifs is 2. The van der Waals surface area contributed by atoms with Gasteiger partial charge in [0.2, 0.25) is 0 Å². The summed E-state index contributed by atoms with van der Waals surface area (Å²) in [7, 11) is -18.1. The van der Waals surface area contributed by atoms with E-state index in [0.717, 1.165) is 59.3 Å². The minimum Gasteiger partial charge on any atom is -0.507 e. The number of phenolic OH excluding ortho intramolecular Hbond substituents is 2. The third-order valence-electron chi connectivity index (χ3n) is 9.95. The molecule has 1 heterocycles. The highest BCUT2D eigenvalue weighted by atomic mass is 32.2. The Morgan fingerprint density at radius 1 is 0.618 bits per heavy atom. The Labute approximate surface area is 382 Å². The van der Waals surface area contributed by atoms with E-state index in [9.17, 15) is 76.8 Å².